The van der Waals surface area contributed by atoms with E-state index in [0.717, 1.165) is 31.0 Å². The lowest BCUT2D eigenvalue weighted by Crippen LogP contribution is -2.31. The molecule has 0 saturated heterocycles. The molecule has 0 radical (unpaired) electrons. The molecule has 0 aliphatic carbocycles. The first kappa shape index (κ1) is 15.6. The second-order valence-electron chi connectivity index (χ2n) is 6.68. The summed E-state index contributed by atoms with van der Waals surface area (Å²) in [5.41, 5.74) is 6.31. The van der Waals surface area contributed by atoms with Crippen molar-refractivity contribution in [2.24, 2.45) is 0 Å². The molecule has 0 amide bonds. The van der Waals surface area contributed by atoms with E-state index in [4.69, 9.17) is 4.98 Å². The van der Waals surface area contributed by atoms with Gasteiger partial charge < -0.3 is 10.2 Å². The van der Waals surface area contributed by atoms with Gasteiger partial charge in [0, 0.05) is 25.0 Å². The largest absolute Gasteiger partial charge is 0.352 e. The van der Waals surface area contributed by atoms with Gasteiger partial charge >= 0.3 is 0 Å². The lowest BCUT2D eigenvalue weighted by atomic mass is 10.00. The summed E-state index contributed by atoms with van der Waals surface area (Å²) in [6.07, 6.45) is 2.88. The summed E-state index contributed by atoms with van der Waals surface area (Å²) in [6, 6.07) is 17.0. The Bertz CT molecular complexity index is 884. The topological polar surface area (TPSA) is 41.1 Å². The van der Waals surface area contributed by atoms with Gasteiger partial charge in [-0.2, -0.15) is 4.98 Å². The standard InChI is InChI=1S/C21H22N4/c1-15-11-16(2)13-19(12-15)23-21-22-9-7-20(24-21)25-10-8-17-5-3-4-6-18(17)14-25/h3-7,9,11-13H,8,10,14H2,1-2H3,(H,22,23,24). The Morgan fingerprint density at radius 3 is 2.52 bits per heavy atom. The number of anilines is 3. The van der Waals surface area contributed by atoms with Crippen LogP contribution in [0.4, 0.5) is 17.5 Å². The molecule has 126 valence electrons. The van der Waals surface area contributed by atoms with E-state index in [1.807, 2.05) is 12.3 Å². The SMILES string of the molecule is Cc1cc(C)cc(Nc2nccc(N3CCc4ccccc4C3)n2)c1. The van der Waals surface area contributed by atoms with Crippen LogP contribution in [0.3, 0.4) is 0 Å². The lowest BCUT2D eigenvalue weighted by Gasteiger charge is -2.29. The van der Waals surface area contributed by atoms with E-state index >= 15 is 0 Å². The van der Waals surface area contributed by atoms with Crippen LogP contribution < -0.4 is 10.2 Å². The van der Waals surface area contributed by atoms with Crippen molar-refractivity contribution in [2.45, 2.75) is 26.8 Å². The fourth-order valence-electron chi connectivity index (χ4n) is 3.45. The summed E-state index contributed by atoms with van der Waals surface area (Å²) in [6.45, 7) is 6.08. The average molecular weight is 330 g/mol. The first-order valence-electron chi connectivity index (χ1n) is 8.67. The molecular formula is C21H22N4. The molecule has 0 fully saturated rings. The van der Waals surface area contributed by atoms with Crippen LogP contribution in [-0.4, -0.2) is 16.5 Å². The minimum absolute atomic E-state index is 0.640. The maximum absolute atomic E-state index is 4.73. The molecule has 2 heterocycles. The van der Waals surface area contributed by atoms with Crippen molar-refractivity contribution in [1.82, 2.24) is 9.97 Å². The van der Waals surface area contributed by atoms with E-state index in [1.165, 1.54) is 22.3 Å². The molecular weight excluding hydrogens is 308 g/mol. The smallest absolute Gasteiger partial charge is 0.229 e. The van der Waals surface area contributed by atoms with Crippen LogP contribution in [0.25, 0.3) is 0 Å². The van der Waals surface area contributed by atoms with Crippen LogP contribution in [-0.2, 0) is 13.0 Å². The molecule has 1 aliphatic rings. The number of nitrogens with one attached hydrogen (secondary N) is 1. The quantitative estimate of drug-likeness (QED) is 0.773. The highest BCUT2D eigenvalue weighted by Gasteiger charge is 2.17. The number of aromatic nitrogens is 2. The minimum Gasteiger partial charge on any atom is -0.352 e. The van der Waals surface area contributed by atoms with Crippen molar-refractivity contribution in [3.8, 4) is 0 Å². The molecule has 2 aromatic carbocycles. The molecule has 4 heteroatoms. The van der Waals surface area contributed by atoms with E-state index in [9.17, 15) is 0 Å². The molecule has 4 rings (SSSR count). The van der Waals surface area contributed by atoms with Crippen LogP contribution in [0.15, 0.2) is 54.7 Å². The molecule has 0 bridgehead atoms. The van der Waals surface area contributed by atoms with Gasteiger partial charge in [0.15, 0.2) is 0 Å². The van der Waals surface area contributed by atoms with Crippen molar-refractivity contribution >= 4 is 17.5 Å². The van der Waals surface area contributed by atoms with E-state index in [0.29, 0.717) is 5.95 Å². The van der Waals surface area contributed by atoms with E-state index in [2.05, 4.69) is 71.5 Å². The van der Waals surface area contributed by atoms with Gasteiger partial charge in [0.05, 0.1) is 0 Å². The van der Waals surface area contributed by atoms with Gasteiger partial charge in [-0.05, 0) is 60.7 Å². The number of hydrogen-bond acceptors (Lipinski definition) is 4. The summed E-state index contributed by atoms with van der Waals surface area (Å²) >= 11 is 0. The van der Waals surface area contributed by atoms with Crippen molar-refractivity contribution in [1.29, 1.82) is 0 Å². The zero-order valence-corrected chi connectivity index (χ0v) is 14.7. The minimum atomic E-state index is 0.640. The van der Waals surface area contributed by atoms with Crippen molar-refractivity contribution in [2.75, 3.05) is 16.8 Å². The Morgan fingerprint density at radius 2 is 1.72 bits per heavy atom. The fraction of sp³-hybridized carbons (Fsp3) is 0.238. The van der Waals surface area contributed by atoms with Crippen molar-refractivity contribution in [3.63, 3.8) is 0 Å². The Hall–Kier alpha value is -2.88. The summed E-state index contributed by atoms with van der Waals surface area (Å²) in [4.78, 5) is 11.4. The predicted molar refractivity (Wildman–Crippen MR) is 102 cm³/mol. The van der Waals surface area contributed by atoms with Gasteiger partial charge in [-0.15, -0.1) is 0 Å². The highest BCUT2D eigenvalue weighted by atomic mass is 15.2. The number of fused-ring (bicyclic) bond motifs is 1. The predicted octanol–water partition coefficient (Wildman–Crippen LogP) is 4.40. The summed E-state index contributed by atoms with van der Waals surface area (Å²) in [5.74, 6) is 1.61. The highest BCUT2D eigenvalue weighted by molar-refractivity contribution is 5.57. The first-order valence-corrected chi connectivity index (χ1v) is 8.67. The van der Waals surface area contributed by atoms with Crippen LogP contribution in [0.2, 0.25) is 0 Å². The number of rotatable bonds is 3. The monoisotopic (exact) mass is 330 g/mol. The molecule has 0 saturated carbocycles. The zero-order chi connectivity index (χ0) is 17.2. The van der Waals surface area contributed by atoms with Gasteiger partial charge in [-0.1, -0.05) is 30.3 Å². The highest BCUT2D eigenvalue weighted by Crippen LogP contribution is 2.24. The van der Waals surface area contributed by atoms with Gasteiger partial charge in [0.25, 0.3) is 0 Å². The van der Waals surface area contributed by atoms with Crippen LogP contribution in [0.1, 0.15) is 22.3 Å². The van der Waals surface area contributed by atoms with Crippen LogP contribution in [0.5, 0.6) is 0 Å². The molecule has 0 atom stereocenters. The third-order valence-electron chi connectivity index (χ3n) is 4.57. The molecule has 0 unspecified atom stereocenters. The van der Waals surface area contributed by atoms with Gasteiger partial charge in [0.2, 0.25) is 5.95 Å². The van der Waals surface area contributed by atoms with Gasteiger partial charge in [0.1, 0.15) is 5.82 Å². The second-order valence-corrected chi connectivity index (χ2v) is 6.68. The Labute approximate surface area is 148 Å². The van der Waals surface area contributed by atoms with E-state index in [-0.39, 0.29) is 0 Å². The molecule has 25 heavy (non-hydrogen) atoms. The average Bonchev–Trinajstić information content (AvgIpc) is 2.61. The third kappa shape index (κ3) is 3.48. The van der Waals surface area contributed by atoms with Crippen LogP contribution in [0, 0.1) is 13.8 Å². The summed E-state index contributed by atoms with van der Waals surface area (Å²) < 4.78 is 0. The Balaban J connectivity index is 1.56. The summed E-state index contributed by atoms with van der Waals surface area (Å²) in [5, 5.41) is 3.34. The zero-order valence-electron chi connectivity index (χ0n) is 14.7. The maximum Gasteiger partial charge on any atom is 0.229 e. The fourth-order valence-corrected chi connectivity index (χ4v) is 3.45. The number of nitrogens with zero attached hydrogens (tertiary/aromatic N) is 3. The molecule has 1 aromatic heterocycles. The van der Waals surface area contributed by atoms with Crippen molar-refractivity contribution in [3.05, 3.63) is 77.0 Å². The molecule has 1 aliphatic heterocycles. The van der Waals surface area contributed by atoms with Crippen LogP contribution >= 0.6 is 0 Å². The maximum atomic E-state index is 4.73. The normalized spacial score (nSPS) is 13.4. The molecule has 4 nitrogen and oxygen atoms in total. The third-order valence-corrected chi connectivity index (χ3v) is 4.57. The number of aryl methyl sites for hydroxylation is 2. The van der Waals surface area contributed by atoms with E-state index in [1.54, 1.807) is 0 Å². The number of hydrogen-bond donors (Lipinski definition) is 1. The van der Waals surface area contributed by atoms with Gasteiger partial charge in [-0.3, -0.25) is 0 Å². The Kier molecular flexibility index (Phi) is 4.10. The summed E-state index contributed by atoms with van der Waals surface area (Å²) in [7, 11) is 0. The first-order chi connectivity index (χ1) is 12.2. The lowest BCUT2D eigenvalue weighted by molar-refractivity contribution is 0.720. The molecule has 0 spiro atoms. The number of benzene rings is 2. The van der Waals surface area contributed by atoms with Gasteiger partial charge in [-0.25, -0.2) is 4.98 Å². The molecule has 1 N–H and O–H groups in total. The molecule has 3 aromatic rings. The van der Waals surface area contributed by atoms with E-state index < -0.39 is 0 Å². The Morgan fingerprint density at radius 1 is 0.960 bits per heavy atom. The van der Waals surface area contributed by atoms with Crippen molar-refractivity contribution < 1.29 is 0 Å². The second kappa shape index (κ2) is 6.55.